The number of carbonyl (C=O) groups excluding carboxylic acids is 1. The number of nitrogens with zero attached hydrogens (tertiary/aromatic N) is 6. The zero-order chi connectivity index (χ0) is 29.4. The maximum absolute atomic E-state index is 13.7. The van der Waals surface area contributed by atoms with Gasteiger partial charge in [-0.3, -0.25) is 9.36 Å². The summed E-state index contributed by atoms with van der Waals surface area (Å²) in [5.74, 6) is -1.40. The van der Waals surface area contributed by atoms with Crippen LogP contribution in [0.1, 0.15) is 31.6 Å². The maximum atomic E-state index is 13.7. The van der Waals surface area contributed by atoms with Crippen LogP contribution < -0.4 is 5.69 Å². The Hall–Kier alpha value is -3.75. The molecule has 16 heteroatoms. The van der Waals surface area contributed by atoms with Gasteiger partial charge >= 0.3 is 17.8 Å². The number of benzene rings is 2. The molecule has 0 aliphatic rings. The number of halogens is 6. The lowest BCUT2D eigenvalue weighted by molar-refractivity contribution is -0.207. The van der Waals surface area contributed by atoms with Gasteiger partial charge in [-0.05, 0) is 49.4 Å². The zero-order valence-electron chi connectivity index (χ0n) is 20.7. The van der Waals surface area contributed by atoms with Crippen molar-refractivity contribution in [2.75, 3.05) is 0 Å². The monoisotopic (exact) mass is 602 g/mol. The van der Waals surface area contributed by atoms with Gasteiger partial charge in [-0.2, -0.15) is 13.2 Å². The predicted molar refractivity (Wildman–Crippen MR) is 135 cm³/mol. The largest absolute Gasteiger partial charge is 0.455 e. The Morgan fingerprint density at radius 2 is 1.80 bits per heavy atom. The number of aromatic nitrogens is 6. The lowest BCUT2D eigenvalue weighted by Crippen LogP contribution is -2.37. The minimum absolute atomic E-state index is 0.0414. The molecule has 0 saturated heterocycles. The first-order valence-corrected chi connectivity index (χ1v) is 12.3. The summed E-state index contributed by atoms with van der Waals surface area (Å²) in [7, 11) is 0. The van der Waals surface area contributed by atoms with Crippen LogP contribution in [0.3, 0.4) is 0 Å². The number of carbonyl (C=O) groups is 1. The SMILES string of the molecule is CC(=O)O[C@H](C)c1nc(Cn2nc(-c3ccc(Cl)cc3)n(C[C@H](O)C(F)(F)F)c2=O)nn1-c1ccc(F)cc1Cl. The molecular formula is C24H20Cl2F4N6O4. The molecule has 2 aromatic carbocycles. The van der Waals surface area contributed by atoms with Crippen LogP contribution in [0.15, 0.2) is 47.3 Å². The molecule has 212 valence electrons. The van der Waals surface area contributed by atoms with Gasteiger partial charge in [0, 0.05) is 17.5 Å². The highest BCUT2D eigenvalue weighted by Crippen LogP contribution is 2.27. The lowest BCUT2D eigenvalue weighted by Gasteiger charge is -2.15. The predicted octanol–water partition coefficient (Wildman–Crippen LogP) is 4.33. The van der Waals surface area contributed by atoms with E-state index in [-0.39, 0.29) is 33.7 Å². The fourth-order valence-corrected chi connectivity index (χ4v) is 4.14. The Bertz CT molecular complexity index is 1600. The Morgan fingerprint density at radius 3 is 2.40 bits per heavy atom. The van der Waals surface area contributed by atoms with E-state index in [1.807, 2.05) is 0 Å². The van der Waals surface area contributed by atoms with Crippen LogP contribution in [-0.2, 0) is 22.6 Å². The molecule has 0 bridgehead atoms. The minimum atomic E-state index is -4.99. The van der Waals surface area contributed by atoms with Crippen LogP contribution in [0.4, 0.5) is 17.6 Å². The molecule has 0 spiro atoms. The van der Waals surface area contributed by atoms with E-state index in [2.05, 4.69) is 15.2 Å². The van der Waals surface area contributed by atoms with Crippen LogP contribution in [0.25, 0.3) is 17.1 Å². The third kappa shape index (κ3) is 6.35. The number of aliphatic hydroxyl groups excluding tert-OH is 1. The van der Waals surface area contributed by atoms with Gasteiger partial charge in [-0.25, -0.2) is 23.5 Å². The smallest absolute Gasteiger partial charge is 0.416 e. The summed E-state index contributed by atoms with van der Waals surface area (Å²) in [6, 6.07) is 9.31. The van der Waals surface area contributed by atoms with Crippen LogP contribution in [-0.4, -0.2) is 52.5 Å². The van der Waals surface area contributed by atoms with Crippen molar-refractivity contribution in [2.24, 2.45) is 0 Å². The number of hydrogen-bond acceptors (Lipinski definition) is 7. The molecule has 1 N–H and O–H groups in total. The third-order valence-electron chi connectivity index (χ3n) is 5.57. The van der Waals surface area contributed by atoms with Crippen molar-refractivity contribution in [3.05, 3.63) is 80.5 Å². The second-order valence-electron chi connectivity index (χ2n) is 8.58. The summed E-state index contributed by atoms with van der Waals surface area (Å²) in [5.41, 5.74) is -0.543. The third-order valence-corrected chi connectivity index (χ3v) is 6.12. The number of hydrogen-bond donors (Lipinski definition) is 1. The molecule has 0 saturated carbocycles. The number of esters is 1. The van der Waals surface area contributed by atoms with Gasteiger partial charge in [-0.1, -0.05) is 23.2 Å². The summed E-state index contributed by atoms with van der Waals surface area (Å²) < 4.78 is 61.0. The second-order valence-corrected chi connectivity index (χ2v) is 9.43. The summed E-state index contributed by atoms with van der Waals surface area (Å²) in [4.78, 5) is 29.1. The van der Waals surface area contributed by atoms with E-state index >= 15 is 0 Å². The fourth-order valence-electron chi connectivity index (χ4n) is 3.76. The maximum Gasteiger partial charge on any atom is 0.416 e. The standard InChI is InChI=1S/C24H20Cl2F4N6O4/c1-12(40-13(2)37)21-31-20(32-36(21)18-8-7-16(27)9-17(18)26)11-35-23(39)34(10-19(38)24(28,29)30)22(33-35)14-3-5-15(25)6-4-14/h3-9,12,19,38H,10-11H2,1-2H3/t12-,19+/m1/s1. The van der Waals surface area contributed by atoms with E-state index in [1.54, 1.807) is 0 Å². The van der Waals surface area contributed by atoms with Crippen molar-refractivity contribution in [1.29, 1.82) is 0 Å². The molecule has 0 amide bonds. The summed E-state index contributed by atoms with van der Waals surface area (Å²) in [6.07, 6.45) is -8.79. The fraction of sp³-hybridized carbons (Fsp3) is 0.292. The molecule has 0 fully saturated rings. The first kappa shape index (κ1) is 29.2. The molecule has 2 atom stereocenters. The average molecular weight is 603 g/mol. The molecule has 0 aliphatic carbocycles. The number of aliphatic hydroxyl groups is 1. The van der Waals surface area contributed by atoms with Gasteiger partial charge in [0.25, 0.3) is 0 Å². The molecular weight excluding hydrogens is 583 g/mol. The summed E-state index contributed by atoms with van der Waals surface area (Å²) in [6.45, 7) is 1.13. The summed E-state index contributed by atoms with van der Waals surface area (Å²) >= 11 is 12.1. The Labute approximate surface area is 233 Å². The van der Waals surface area contributed by atoms with Crippen LogP contribution in [0, 0.1) is 5.82 Å². The number of rotatable bonds is 8. The van der Waals surface area contributed by atoms with E-state index in [9.17, 15) is 32.3 Å². The van der Waals surface area contributed by atoms with E-state index in [0.717, 1.165) is 16.8 Å². The van der Waals surface area contributed by atoms with Crippen molar-refractivity contribution in [3.63, 3.8) is 0 Å². The van der Waals surface area contributed by atoms with Crippen molar-refractivity contribution in [1.82, 2.24) is 29.1 Å². The normalized spacial score (nSPS) is 13.3. The average Bonchev–Trinajstić information content (AvgIpc) is 3.40. The van der Waals surface area contributed by atoms with Gasteiger partial charge in [-0.15, -0.1) is 10.2 Å². The molecule has 0 unspecified atom stereocenters. The zero-order valence-corrected chi connectivity index (χ0v) is 22.2. The number of alkyl halides is 3. The molecule has 2 heterocycles. The molecule has 4 aromatic rings. The second kappa shape index (κ2) is 11.4. The van der Waals surface area contributed by atoms with Crippen molar-refractivity contribution in [3.8, 4) is 17.1 Å². The molecule has 0 radical (unpaired) electrons. The van der Waals surface area contributed by atoms with Gasteiger partial charge in [0.15, 0.2) is 29.7 Å². The van der Waals surface area contributed by atoms with Crippen molar-refractivity contribution < 1.29 is 32.2 Å². The van der Waals surface area contributed by atoms with E-state index in [1.165, 1.54) is 48.9 Å². The van der Waals surface area contributed by atoms with Crippen LogP contribution in [0.5, 0.6) is 0 Å². The quantitative estimate of drug-likeness (QED) is 0.235. The highest BCUT2D eigenvalue weighted by atomic mass is 35.5. The van der Waals surface area contributed by atoms with Gasteiger partial charge < -0.3 is 9.84 Å². The van der Waals surface area contributed by atoms with E-state index < -0.39 is 49.0 Å². The minimum Gasteiger partial charge on any atom is -0.455 e. The molecule has 4 rings (SSSR count). The van der Waals surface area contributed by atoms with Gasteiger partial charge in [0.1, 0.15) is 12.4 Å². The highest BCUT2D eigenvalue weighted by Gasteiger charge is 2.39. The Balaban J connectivity index is 1.80. The van der Waals surface area contributed by atoms with E-state index in [4.69, 9.17) is 27.9 Å². The molecule has 40 heavy (non-hydrogen) atoms. The number of ether oxygens (including phenoxy) is 1. The van der Waals surface area contributed by atoms with Crippen LogP contribution >= 0.6 is 23.2 Å². The Morgan fingerprint density at radius 1 is 1.12 bits per heavy atom. The Kier molecular flexibility index (Phi) is 8.33. The van der Waals surface area contributed by atoms with Gasteiger partial charge in [0.05, 0.1) is 17.3 Å². The van der Waals surface area contributed by atoms with Crippen LogP contribution in [0.2, 0.25) is 10.0 Å². The van der Waals surface area contributed by atoms with Crippen molar-refractivity contribution >= 4 is 29.2 Å². The topological polar surface area (TPSA) is 117 Å². The first-order valence-electron chi connectivity index (χ1n) is 11.5. The van der Waals surface area contributed by atoms with Crippen molar-refractivity contribution in [2.45, 2.75) is 45.3 Å². The van der Waals surface area contributed by atoms with Gasteiger partial charge in [0.2, 0.25) is 0 Å². The molecule has 0 aliphatic heterocycles. The highest BCUT2D eigenvalue weighted by molar-refractivity contribution is 6.32. The molecule has 10 nitrogen and oxygen atoms in total. The lowest BCUT2D eigenvalue weighted by atomic mass is 10.2. The van der Waals surface area contributed by atoms with E-state index in [0.29, 0.717) is 9.59 Å². The summed E-state index contributed by atoms with van der Waals surface area (Å²) in [5, 5.41) is 18.5. The first-order chi connectivity index (χ1) is 18.7. The molecule has 2 aromatic heterocycles.